The van der Waals surface area contributed by atoms with Crippen LogP contribution in [0.25, 0.3) is 0 Å². The molecule has 1 N–H and O–H groups in total. The van der Waals surface area contributed by atoms with Crippen molar-refractivity contribution in [2.24, 2.45) is 17.8 Å². The molecule has 2 aromatic carbocycles. The summed E-state index contributed by atoms with van der Waals surface area (Å²) in [4.78, 5) is 27.9. The van der Waals surface area contributed by atoms with Crippen molar-refractivity contribution in [3.05, 3.63) is 65.2 Å². The minimum atomic E-state index is -4.44. The van der Waals surface area contributed by atoms with E-state index in [9.17, 15) is 31.2 Å². The standard InChI is InChI=1S/C24H26F3N3O4S/c1-14-19-13-30(23(32)16-5-4-6-18(11-16)35(33,34)29(2)3)21(20(14)19)22(31)28-12-15-7-9-17(10-8-15)24(25,26)27/h4-11,14,19-21H,12-13H2,1-3H3,(H,28,31)/t14?,19?,20?,21-/m1/s1. The number of amides is 2. The molecule has 4 atom stereocenters. The van der Waals surface area contributed by atoms with Gasteiger partial charge in [-0.2, -0.15) is 13.2 Å². The van der Waals surface area contributed by atoms with E-state index in [4.69, 9.17) is 0 Å². The Labute approximate surface area is 202 Å². The van der Waals surface area contributed by atoms with Crippen LogP contribution in [0.5, 0.6) is 0 Å². The summed E-state index contributed by atoms with van der Waals surface area (Å²) in [5.41, 5.74) is -0.0973. The number of sulfonamides is 1. The molecule has 4 rings (SSSR count). The Hall–Kier alpha value is -2.92. The first kappa shape index (κ1) is 25.2. The number of rotatable bonds is 6. The number of alkyl halides is 3. The number of carbonyl (C=O) groups excluding carboxylic acids is 2. The van der Waals surface area contributed by atoms with Gasteiger partial charge >= 0.3 is 6.18 Å². The summed E-state index contributed by atoms with van der Waals surface area (Å²) in [6, 6.07) is 9.52. The SMILES string of the molecule is CC1C2CN(C(=O)c3cccc(S(=O)(=O)N(C)C)c3)[C@@H](C(=O)NCc3ccc(C(F)(F)F)cc3)C12. The highest BCUT2D eigenvalue weighted by atomic mass is 32.2. The predicted molar refractivity (Wildman–Crippen MR) is 122 cm³/mol. The fraction of sp³-hybridized carbons (Fsp3) is 0.417. The maximum absolute atomic E-state index is 13.3. The molecule has 0 radical (unpaired) electrons. The molecule has 0 spiro atoms. The largest absolute Gasteiger partial charge is 0.416 e. The highest BCUT2D eigenvalue weighted by molar-refractivity contribution is 7.89. The lowest BCUT2D eigenvalue weighted by atomic mass is 10.1. The zero-order valence-electron chi connectivity index (χ0n) is 19.4. The molecule has 2 fully saturated rings. The summed E-state index contributed by atoms with van der Waals surface area (Å²) in [7, 11) is -0.938. The number of benzene rings is 2. The van der Waals surface area contributed by atoms with Crippen molar-refractivity contribution in [3.63, 3.8) is 0 Å². The molecule has 1 saturated heterocycles. The molecule has 1 aliphatic heterocycles. The number of nitrogens with zero attached hydrogens (tertiary/aromatic N) is 2. The zero-order chi connectivity index (χ0) is 25.7. The Morgan fingerprint density at radius 3 is 2.37 bits per heavy atom. The Kier molecular flexibility index (Phi) is 6.43. The van der Waals surface area contributed by atoms with Crippen LogP contribution in [0.1, 0.15) is 28.4 Å². The maximum atomic E-state index is 13.3. The van der Waals surface area contributed by atoms with Gasteiger partial charge in [0.15, 0.2) is 0 Å². The summed E-state index contributed by atoms with van der Waals surface area (Å²) in [6.45, 7) is 2.42. The van der Waals surface area contributed by atoms with E-state index in [1.54, 1.807) is 0 Å². The first-order chi connectivity index (χ1) is 16.3. The van der Waals surface area contributed by atoms with Crippen molar-refractivity contribution >= 4 is 21.8 Å². The highest BCUT2D eigenvalue weighted by Crippen LogP contribution is 2.55. The summed E-state index contributed by atoms with van der Waals surface area (Å²) < 4.78 is 64.3. The van der Waals surface area contributed by atoms with Gasteiger partial charge in [-0.3, -0.25) is 9.59 Å². The van der Waals surface area contributed by atoms with E-state index in [1.807, 2.05) is 6.92 Å². The minimum absolute atomic E-state index is 0.0137. The normalized spacial score (nSPS) is 23.8. The number of fused-ring (bicyclic) bond motifs is 1. The van der Waals surface area contributed by atoms with E-state index in [2.05, 4.69) is 5.32 Å². The van der Waals surface area contributed by atoms with E-state index in [1.165, 1.54) is 55.4 Å². The molecule has 35 heavy (non-hydrogen) atoms. The summed E-state index contributed by atoms with van der Waals surface area (Å²) in [5, 5.41) is 2.75. The molecule has 2 aromatic rings. The van der Waals surface area contributed by atoms with Crippen LogP contribution >= 0.6 is 0 Å². The van der Waals surface area contributed by atoms with Gasteiger partial charge in [-0.05, 0) is 53.6 Å². The predicted octanol–water partition coefficient (Wildman–Crippen LogP) is 2.98. The van der Waals surface area contributed by atoms with E-state index >= 15 is 0 Å². The van der Waals surface area contributed by atoms with E-state index in [0.29, 0.717) is 12.1 Å². The van der Waals surface area contributed by atoms with Gasteiger partial charge in [0.25, 0.3) is 5.91 Å². The van der Waals surface area contributed by atoms with Gasteiger partial charge in [0, 0.05) is 32.7 Å². The van der Waals surface area contributed by atoms with Gasteiger partial charge in [0.05, 0.1) is 10.5 Å². The van der Waals surface area contributed by atoms with E-state index in [0.717, 1.165) is 16.4 Å². The monoisotopic (exact) mass is 509 g/mol. The number of hydrogen-bond acceptors (Lipinski definition) is 4. The Morgan fingerprint density at radius 2 is 1.77 bits per heavy atom. The minimum Gasteiger partial charge on any atom is -0.350 e. The van der Waals surface area contributed by atoms with Gasteiger partial charge in [0.1, 0.15) is 6.04 Å². The number of likely N-dealkylation sites (tertiary alicyclic amines) is 1. The fourth-order valence-electron chi connectivity index (χ4n) is 4.73. The van der Waals surface area contributed by atoms with Crippen molar-refractivity contribution in [1.82, 2.24) is 14.5 Å². The number of piperidine rings is 1. The number of nitrogens with one attached hydrogen (secondary N) is 1. The Morgan fingerprint density at radius 1 is 1.11 bits per heavy atom. The molecule has 11 heteroatoms. The second-order valence-electron chi connectivity index (χ2n) is 9.23. The van der Waals surface area contributed by atoms with Crippen LogP contribution in [0, 0.1) is 17.8 Å². The maximum Gasteiger partial charge on any atom is 0.416 e. The van der Waals surface area contributed by atoms with Gasteiger partial charge in [0.2, 0.25) is 15.9 Å². The second kappa shape index (κ2) is 8.94. The summed E-state index contributed by atoms with van der Waals surface area (Å²) in [5.74, 6) is -0.391. The van der Waals surface area contributed by atoms with Gasteiger partial charge in [-0.25, -0.2) is 12.7 Å². The van der Waals surface area contributed by atoms with Crippen LogP contribution < -0.4 is 5.32 Å². The summed E-state index contributed by atoms with van der Waals surface area (Å²) >= 11 is 0. The third-order valence-corrected chi connectivity index (χ3v) is 8.69. The quantitative estimate of drug-likeness (QED) is 0.649. The number of halogens is 3. The van der Waals surface area contributed by atoms with Gasteiger partial charge in [-0.15, -0.1) is 0 Å². The molecule has 7 nitrogen and oxygen atoms in total. The summed E-state index contributed by atoms with van der Waals surface area (Å²) in [6.07, 6.45) is -4.44. The molecule has 0 bridgehead atoms. The van der Waals surface area contributed by atoms with Crippen LogP contribution in [-0.4, -0.2) is 56.1 Å². The van der Waals surface area contributed by atoms with Crippen LogP contribution in [0.15, 0.2) is 53.4 Å². The van der Waals surface area contributed by atoms with Crippen LogP contribution in [0.4, 0.5) is 13.2 Å². The lowest BCUT2D eigenvalue weighted by Crippen LogP contribution is -2.48. The van der Waals surface area contributed by atoms with E-state index < -0.39 is 33.7 Å². The second-order valence-corrected chi connectivity index (χ2v) is 11.4. The molecular weight excluding hydrogens is 483 g/mol. The lowest BCUT2D eigenvalue weighted by Gasteiger charge is -2.28. The average molecular weight is 510 g/mol. The number of carbonyl (C=O) groups is 2. The molecule has 0 aromatic heterocycles. The molecule has 188 valence electrons. The van der Waals surface area contributed by atoms with Crippen molar-refractivity contribution in [1.29, 1.82) is 0 Å². The van der Waals surface area contributed by atoms with Crippen molar-refractivity contribution < 1.29 is 31.2 Å². The van der Waals surface area contributed by atoms with Crippen molar-refractivity contribution in [2.75, 3.05) is 20.6 Å². The third-order valence-electron chi connectivity index (χ3n) is 6.88. The third kappa shape index (κ3) is 4.79. The highest BCUT2D eigenvalue weighted by Gasteiger charge is 2.62. The smallest absolute Gasteiger partial charge is 0.350 e. The molecule has 2 aliphatic rings. The topological polar surface area (TPSA) is 86.8 Å². The molecule has 1 saturated carbocycles. The first-order valence-electron chi connectivity index (χ1n) is 11.1. The van der Waals surface area contributed by atoms with E-state index in [-0.39, 0.29) is 40.7 Å². The average Bonchev–Trinajstić information content (AvgIpc) is 3.25. The molecule has 3 unspecified atom stereocenters. The molecule has 1 aliphatic carbocycles. The van der Waals surface area contributed by atoms with Crippen molar-refractivity contribution in [3.8, 4) is 0 Å². The van der Waals surface area contributed by atoms with Crippen LogP contribution in [-0.2, 0) is 27.5 Å². The van der Waals surface area contributed by atoms with Crippen molar-refractivity contribution in [2.45, 2.75) is 30.6 Å². The lowest BCUT2D eigenvalue weighted by molar-refractivity contribution is -0.137. The van der Waals surface area contributed by atoms with Gasteiger partial charge < -0.3 is 10.2 Å². The Balaban J connectivity index is 1.50. The first-order valence-corrected chi connectivity index (χ1v) is 12.5. The molecule has 2 amide bonds. The van der Waals surface area contributed by atoms with Crippen LogP contribution in [0.2, 0.25) is 0 Å². The molecular formula is C24H26F3N3O4S. The Bertz CT molecular complexity index is 1250. The van der Waals surface area contributed by atoms with Crippen LogP contribution in [0.3, 0.4) is 0 Å². The fourth-order valence-corrected chi connectivity index (χ4v) is 5.68. The number of hydrogen-bond donors (Lipinski definition) is 1. The zero-order valence-corrected chi connectivity index (χ0v) is 20.2. The molecule has 1 heterocycles. The van der Waals surface area contributed by atoms with Gasteiger partial charge in [-0.1, -0.05) is 25.1 Å².